The summed E-state index contributed by atoms with van der Waals surface area (Å²) in [4.78, 5) is 11.5. The van der Waals surface area contributed by atoms with E-state index in [4.69, 9.17) is 14.2 Å². The van der Waals surface area contributed by atoms with Gasteiger partial charge in [0.15, 0.2) is 6.29 Å². The first kappa shape index (κ1) is 22.4. The summed E-state index contributed by atoms with van der Waals surface area (Å²) in [5.74, 6) is -0.0617. The number of hydrogen-bond acceptors (Lipinski definition) is 4. The SMILES string of the molecule is CCCCOC(=O)CCCCCC(OCCCC)OCCCC. The lowest BCUT2D eigenvalue weighted by Gasteiger charge is -2.18. The molecule has 4 heteroatoms. The number of hydrogen-bond donors (Lipinski definition) is 0. The fourth-order valence-electron chi connectivity index (χ4n) is 2.09. The monoisotopic (exact) mass is 330 g/mol. The summed E-state index contributed by atoms with van der Waals surface area (Å²) in [6, 6.07) is 0. The minimum absolute atomic E-state index is 0.0617. The molecule has 0 fully saturated rings. The van der Waals surface area contributed by atoms with Crippen molar-refractivity contribution in [3.05, 3.63) is 0 Å². The van der Waals surface area contributed by atoms with Gasteiger partial charge < -0.3 is 14.2 Å². The van der Waals surface area contributed by atoms with Crippen molar-refractivity contribution in [1.82, 2.24) is 0 Å². The van der Waals surface area contributed by atoms with Crippen LogP contribution in [0.4, 0.5) is 0 Å². The van der Waals surface area contributed by atoms with Gasteiger partial charge in [-0.25, -0.2) is 0 Å². The molecule has 138 valence electrons. The van der Waals surface area contributed by atoms with Gasteiger partial charge in [-0.15, -0.1) is 0 Å². The van der Waals surface area contributed by atoms with Crippen molar-refractivity contribution in [3.63, 3.8) is 0 Å². The van der Waals surface area contributed by atoms with Crippen molar-refractivity contribution in [3.8, 4) is 0 Å². The molecule has 0 aromatic heterocycles. The van der Waals surface area contributed by atoms with Crippen molar-refractivity contribution in [2.24, 2.45) is 0 Å². The Labute approximate surface area is 143 Å². The number of unbranched alkanes of at least 4 members (excludes halogenated alkanes) is 5. The standard InChI is InChI=1S/C19H38O4/c1-4-7-15-21-18(20)13-11-10-12-14-19(22-16-8-5-2)23-17-9-6-3/h19H,4-17H2,1-3H3. The molecule has 0 radical (unpaired) electrons. The predicted octanol–water partition coefficient (Wildman–Crippen LogP) is 5.24. The van der Waals surface area contributed by atoms with Crippen LogP contribution >= 0.6 is 0 Å². The van der Waals surface area contributed by atoms with Gasteiger partial charge in [-0.05, 0) is 38.5 Å². The Morgan fingerprint density at radius 3 is 1.87 bits per heavy atom. The van der Waals surface area contributed by atoms with Crippen LogP contribution in [0.15, 0.2) is 0 Å². The van der Waals surface area contributed by atoms with E-state index in [0.717, 1.165) is 77.4 Å². The van der Waals surface area contributed by atoms with Crippen LogP contribution in [0.5, 0.6) is 0 Å². The van der Waals surface area contributed by atoms with Crippen molar-refractivity contribution < 1.29 is 19.0 Å². The van der Waals surface area contributed by atoms with Gasteiger partial charge in [0.2, 0.25) is 0 Å². The van der Waals surface area contributed by atoms with Gasteiger partial charge in [0.1, 0.15) is 0 Å². The third kappa shape index (κ3) is 16.0. The third-order valence-corrected chi connectivity index (χ3v) is 3.68. The maximum atomic E-state index is 11.5. The van der Waals surface area contributed by atoms with E-state index in [9.17, 15) is 4.79 Å². The quantitative estimate of drug-likeness (QED) is 0.208. The zero-order valence-electron chi connectivity index (χ0n) is 15.6. The van der Waals surface area contributed by atoms with Gasteiger partial charge in [0, 0.05) is 19.6 Å². The largest absolute Gasteiger partial charge is 0.466 e. The summed E-state index contributed by atoms with van der Waals surface area (Å²) in [6.45, 7) is 8.53. The van der Waals surface area contributed by atoms with Crippen LogP contribution in [0.3, 0.4) is 0 Å². The summed E-state index contributed by atoms with van der Waals surface area (Å²) in [7, 11) is 0. The molecule has 0 bridgehead atoms. The minimum Gasteiger partial charge on any atom is -0.466 e. The molecule has 0 aliphatic carbocycles. The van der Waals surface area contributed by atoms with Crippen LogP contribution in [0.2, 0.25) is 0 Å². The normalized spacial score (nSPS) is 11.1. The Kier molecular flexibility index (Phi) is 17.3. The molecular formula is C19H38O4. The first-order valence-corrected chi connectivity index (χ1v) is 9.63. The molecule has 0 aromatic rings. The van der Waals surface area contributed by atoms with E-state index in [0.29, 0.717) is 13.0 Å². The first-order valence-electron chi connectivity index (χ1n) is 9.63. The van der Waals surface area contributed by atoms with Crippen LogP contribution < -0.4 is 0 Å². The van der Waals surface area contributed by atoms with Crippen molar-refractivity contribution in [2.75, 3.05) is 19.8 Å². The van der Waals surface area contributed by atoms with Crippen molar-refractivity contribution in [2.45, 2.75) is 97.7 Å². The van der Waals surface area contributed by atoms with Gasteiger partial charge >= 0.3 is 5.97 Å². The maximum absolute atomic E-state index is 11.5. The lowest BCUT2D eigenvalue weighted by molar-refractivity contribution is -0.147. The number of carbonyl (C=O) groups excluding carboxylic acids is 1. The average Bonchev–Trinajstić information content (AvgIpc) is 2.54. The highest BCUT2D eigenvalue weighted by Gasteiger charge is 2.09. The van der Waals surface area contributed by atoms with Gasteiger partial charge in [-0.1, -0.05) is 46.5 Å². The number of rotatable bonds is 17. The van der Waals surface area contributed by atoms with Gasteiger partial charge in [-0.2, -0.15) is 0 Å². The second kappa shape index (κ2) is 17.7. The molecule has 0 aliphatic rings. The molecular weight excluding hydrogens is 292 g/mol. The number of esters is 1. The zero-order valence-corrected chi connectivity index (χ0v) is 15.6. The van der Waals surface area contributed by atoms with E-state index in [1.165, 1.54) is 0 Å². The second-order valence-electron chi connectivity index (χ2n) is 6.05. The van der Waals surface area contributed by atoms with Crippen LogP contribution in [0, 0.1) is 0 Å². The molecule has 23 heavy (non-hydrogen) atoms. The topological polar surface area (TPSA) is 44.8 Å². The molecule has 0 unspecified atom stereocenters. The van der Waals surface area contributed by atoms with Crippen LogP contribution in [-0.4, -0.2) is 32.1 Å². The highest BCUT2D eigenvalue weighted by molar-refractivity contribution is 5.69. The lowest BCUT2D eigenvalue weighted by Crippen LogP contribution is -2.18. The number of ether oxygens (including phenoxy) is 3. The maximum Gasteiger partial charge on any atom is 0.305 e. The Morgan fingerprint density at radius 1 is 0.739 bits per heavy atom. The van der Waals surface area contributed by atoms with Crippen LogP contribution in [-0.2, 0) is 19.0 Å². The average molecular weight is 331 g/mol. The lowest BCUT2D eigenvalue weighted by atomic mass is 10.1. The summed E-state index contributed by atoms with van der Waals surface area (Å²) in [5.41, 5.74) is 0. The molecule has 0 heterocycles. The summed E-state index contributed by atoms with van der Waals surface area (Å²) < 4.78 is 16.8. The Morgan fingerprint density at radius 2 is 1.30 bits per heavy atom. The summed E-state index contributed by atoms with van der Waals surface area (Å²) in [5, 5.41) is 0. The summed E-state index contributed by atoms with van der Waals surface area (Å²) >= 11 is 0. The molecule has 0 saturated carbocycles. The van der Waals surface area contributed by atoms with Crippen molar-refractivity contribution in [1.29, 1.82) is 0 Å². The van der Waals surface area contributed by atoms with E-state index in [1.807, 2.05) is 0 Å². The van der Waals surface area contributed by atoms with Gasteiger partial charge in [0.25, 0.3) is 0 Å². The fraction of sp³-hybridized carbons (Fsp3) is 0.947. The second-order valence-corrected chi connectivity index (χ2v) is 6.05. The predicted molar refractivity (Wildman–Crippen MR) is 94.5 cm³/mol. The van der Waals surface area contributed by atoms with Crippen molar-refractivity contribution >= 4 is 5.97 Å². The molecule has 0 amide bonds. The van der Waals surface area contributed by atoms with E-state index >= 15 is 0 Å². The molecule has 0 aromatic carbocycles. The van der Waals surface area contributed by atoms with Crippen LogP contribution in [0.1, 0.15) is 91.4 Å². The molecule has 0 rings (SSSR count). The molecule has 4 nitrogen and oxygen atoms in total. The number of carbonyl (C=O) groups is 1. The minimum atomic E-state index is -0.0791. The summed E-state index contributed by atoms with van der Waals surface area (Å²) in [6.07, 6.45) is 10.8. The third-order valence-electron chi connectivity index (χ3n) is 3.68. The molecule has 0 aliphatic heterocycles. The molecule has 0 saturated heterocycles. The van der Waals surface area contributed by atoms with Gasteiger partial charge in [-0.3, -0.25) is 4.79 Å². The Bertz CT molecular complexity index is 246. The van der Waals surface area contributed by atoms with E-state index in [2.05, 4.69) is 20.8 Å². The van der Waals surface area contributed by atoms with E-state index in [1.54, 1.807) is 0 Å². The fourth-order valence-corrected chi connectivity index (χ4v) is 2.09. The van der Waals surface area contributed by atoms with E-state index < -0.39 is 0 Å². The van der Waals surface area contributed by atoms with E-state index in [-0.39, 0.29) is 12.3 Å². The Hall–Kier alpha value is -0.610. The molecule has 0 N–H and O–H groups in total. The highest BCUT2D eigenvalue weighted by atomic mass is 16.7. The van der Waals surface area contributed by atoms with Gasteiger partial charge in [0.05, 0.1) is 6.61 Å². The zero-order chi connectivity index (χ0) is 17.2. The first-order chi connectivity index (χ1) is 11.2. The Balaban J connectivity index is 3.68. The highest BCUT2D eigenvalue weighted by Crippen LogP contribution is 2.12. The molecule has 0 spiro atoms. The smallest absolute Gasteiger partial charge is 0.305 e. The van der Waals surface area contributed by atoms with Crippen LogP contribution in [0.25, 0.3) is 0 Å². The molecule has 0 atom stereocenters.